The number of halogens is 3. The first-order chi connectivity index (χ1) is 15.1. The Morgan fingerprint density at radius 3 is 2.34 bits per heavy atom. The van der Waals surface area contributed by atoms with Crippen LogP contribution in [0.3, 0.4) is 0 Å². The minimum atomic E-state index is -4.44. The molecule has 1 amide bonds. The predicted molar refractivity (Wildman–Crippen MR) is 114 cm³/mol. The number of hydrogen-bond acceptors (Lipinski definition) is 7. The summed E-state index contributed by atoms with van der Waals surface area (Å²) in [5, 5.41) is 10.3. The largest absolute Gasteiger partial charge is 0.493 e. The monoisotopic (exact) mass is 467 g/mol. The van der Waals surface area contributed by atoms with E-state index in [1.807, 2.05) is 0 Å². The number of aromatic nitrogens is 3. The fourth-order valence-electron chi connectivity index (χ4n) is 2.73. The second-order valence-electron chi connectivity index (χ2n) is 6.57. The molecule has 0 aliphatic rings. The van der Waals surface area contributed by atoms with Crippen molar-refractivity contribution in [3.8, 4) is 22.9 Å². The molecule has 170 valence electrons. The number of nitrogens with two attached hydrogens (primary N) is 1. The molecule has 8 nitrogen and oxygen atoms in total. The standard InChI is InChI=1S/C20H20F3N5O3S/c1-11(18(29)25-14-7-5-13(6-8-14)20(21,22)23)32-19-27-26-17(28(19)24)12-4-9-15(30-2)16(10-12)31-3/h4-11H,24H2,1-3H3,(H,25,29). The number of nitrogen functional groups attached to an aromatic ring is 1. The molecule has 0 aliphatic heterocycles. The van der Waals surface area contributed by atoms with Crippen LogP contribution in [0.5, 0.6) is 11.5 Å². The van der Waals surface area contributed by atoms with Crippen molar-refractivity contribution >= 4 is 23.4 Å². The molecule has 1 aromatic heterocycles. The van der Waals surface area contributed by atoms with E-state index in [4.69, 9.17) is 15.3 Å². The molecule has 0 saturated heterocycles. The number of alkyl halides is 3. The van der Waals surface area contributed by atoms with Crippen LogP contribution >= 0.6 is 11.8 Å². The van der Waals surface area contributed by atoms with Gasteiger partial charge in [-0.3, -0.25) is 4.79 Å². The number of ether oxygens (including phenoxy) is 2. The Morgan fingerprint density at radius 2 is 1.75 bits per heavy atom. The lowest BCUT2D eigenvalue weighted by molar-refractivity contribution is -0.137. The molecule has 1 heterocycles. The van der Waals surface area contributed by atoms with Crippen LogP contribution in [0, 0.1) is 0 Å². The molecule has 0 bridgehead atoms. The third kappa shape index (κ3) is 5.07. The lowest BCUT2D eigenvalue weighted by atomic mass is 10.2. The number of amides is 1. The number of nitrogens with zero attached hydrogens (tertiary/aromatic N) is 3. The van der Waals surface area contributed by atoms with Crippen LogP contribution in [-0.4, -0.2) is 40.3 Å². The number of rotatable bonds is 7. The average molecular weight is 467 g/mol. The van der Waals surface area contributed by atoms with Crippen LogP contribution < -0.4 is 20.6 Å². The van der Waals surface area contributed by atoms with Gasteiger partial charge >= 0.3 is 6.18 Å². The third-order valence-corrected chi connectivity index (χ3v) is 5.49. The molecule has 0 saturated carbocycles. The van der Waals surface area contributed by atoms with E-state index in [-0.39, 0.29) is 10.8 Å². The molecule has 3 aromatic rings. The lowest BCUT2D eigenvalue weighted by Crippen LogP contribution is -2.23. The Labute approximate surface area is 185 Å². The second-order valence-corrected chi connectivity index (χ2v) is 7.88. The number of thioether (sulfide) groups is 1. The third-order valence-electron chi connectivity index (χ3n) is 4.44. The van der Waals surface area contributed by atoms with E-state index >= 15 is 0 Å². The highest BCUT2D eigenvalue weighted by atomic mass is 32.2. The van der Waals surface area contributed by atoms with Crippen LogP contribution in [0.25, 0.3) is 11.4 Å². The maximum atomic E-state index is 12.7. The Hall–Kier alpha value is -3.41. The van der Waals surface area contributed by atoms with Gasteiger partial charge < -0.3 is 20.6 Å². The van der Waals surface area contributed by atoms with Gasteiger partial charge in [-0.2, -0.15) is 13.2 Å². The quantitative estimate of drug-likeness (QED) is 0.402. The molecule has 32 heavy (non-hydrogen) atoms. The van der Waals surface area contributed by atoms with Crippen molar-refractivity contribution < 1.29 is 27.4 Å². The van der Waals surface area contributed by atoms with Gasteiger partial charge in [0.25, 0.3) is 0 Å². The summed E-state index contributed by atoms with van der Waals surface area (Å²) in [7, 11) is 3.03. The zero-order chi connectivity index (χ0) is 23.5. The molecule has 0 aliphatic carbocycles. The van der Waals surface area contributed by atoms with Gasteiger partial charge in [0.05, 0.1) is 25.0 Å². The summed E-state index contributed by atoms with van der Waals surface area (Å²) in [5.41, 5.74) is 0.0823. The SMILES string of the molecule is COc1ccc(-c2nnc(SC(C)C(=O)Nc3ccc(C(F)(F)F)cc3)n2N)cc1OC. The average Bonchev–Trinajstić information content (AvgIpc) is 3.12. The molecule has 0 radical (unpaired) electrons. The second kappa shape index (κ2) is 9.39. The predicted octanol–water partition coefficient (Wildman–Crippen LogP) is 3.81. The molecule has 0 spiro atoms. The van der Waals surface area contributed by atoms with Crippen molar-refractivity contribution in [1.82, 2.24) is 14.9 Å². The van der Waals surface area contributed by atoms with E-state index in [1.54, 1.807) is 25.1 Å². The van der Waals surface area contributed by atoms with E-state index in [0.717, 1.165) is 23.9 Å². The summed E-state index contributed by atoms with van der Waals surface area (Å²) in [6.45, 7) is 1.62. The highest BCUT2D eigenvalue weighted by molar-refractivity contribution is 8.00. The van der Waals surface area contributed by atoms with Crippen molar-refractivity contribution in [2.45, 2.75) is 23.5 Å². The number of hydrogen-bond donors (Lipinski definition) is 2. The van der Waals surface area contributed by atoms with Gasteiger partial charge in [-0.1, -0.05) is 11.8 Å². The summed E-state index contributed by atoms with van der Waals surface area (Å²) in [6, 6.07) is 9.33. The molecular weight excluding hydrogens is 447 g/mol. The topological polar surface area (TPSA) is 104 Å². The number of carbonyl (C=O) groups excluding carboxylic acids is 1. The fourth-order valence-corrected chi connectivity index (χ4v) is 3.50. The van der Waals surface area contributed by atoms with Crippen molar-refractivity contribution in [1.29, 1.82) is 0 Å². The number of methoxy groups -OCH3 is 2. The Kier molecular flexibility index (Phi) is 6.82. The minimum Gasteiger partial charge on any atom is -0.493 e. The summed E-state index contributed by atoms with van der Waals surface area (Å²) in [6.07, 6.45) is -4.44. The highest BCUT2D eigenvalue weighted by Crippen LogP contribution is 2.33. The Balaban J connectivity index is 1.70. The molecule has 3 rings (SSSR count). The number of benzene rings is 2. The summed E-state index contributed by atoms with van der Waals surface area (Å²) >= 11 is 1.05. The molecule has 12 heteroatoms. The summed E-state index contributed by atoms with van der Waals surface area (Å²) in [4.78, 5) is 12.5. The van der Waals surface area contributed by atoms with E-state index in [9.17, 15) is 18.0 Å². The Morgan fingerprint density at radius 1 is 1.09 bits per heavy atom. The summed E-state index contributed by atoms with van der Waals surface area (Å²) in [5.74, 6) is 7.08. The van der Waals surface area contributed by atoms with Crippen LogP contribution in [0.15, 0.2) is 47.6 Å². The fraction of sp³-hybridized carbons (Fsp3) is 0.250. The van der Waals surface area contributed by atoms with E-state index in [1.165, 1.54) is 31.0 Å². The van der Waals surface area contributed by atoms with Crippen molar-refractivity contribution in [3.05, 3.63) is 48.0 Å². The van der Waals surface area contributed by atoms with E-state index in [2.05, 4.69) is 15.5 Å². The van der Waals surface area contributed by atoms with Crippen LogP contribution in [-0.2, 0) is 11.0 Å². The molecule has 2 aromatic carbocycles. The minimum absolute atomic E-state index is 0.246. The first-order valence-corrected chi connectivity index (χ1v) is 10.1. The van der Waals surface area contributed by atoms with Crippen LogP contribution in [0.2, 0.25) is 0 Å². The van der Waals surface area contributed by atoms with Gasteiger partial charge in [0.2, 0.25) is 11.1 Å². The smallest absolute Gasteiger partial charge is 0.416 e. The van der Waals surface area contributed by atoms with Gasteiger partial charge in [0.15, 0.2) is 17.3 Å². The van der Waals surface area contributed by atoms with Gasteiger partial charge in [-0.05, 0) is 49.4 Å². The maximum Gasteiger partial charge on any atom is 0.416 e. The number of anilines is 1. The van der Waals surface area contributed by atoms with Gasteiger partial charge in [-0.15, -0.1) is 10.2 Å². The van der Waals surface area contributed by atoms with Crippen molar-refractivity contribution in [2.24, 2.45) is 0 Å². The van der Waals surface area contributed by atoms with Gasteiger partial charge in [0, 0.05) is 11.3 Å². The first-order valence-electron chi connectivity index (χ1n) is 9.21. The zero-order valence-electron chi connectivity index (χ0n) is 17.3. The molecule has 1 atom stereocenters. The Bertz CT molecular complexity index is 1100. The molecule has 0 fully saturated rings. The number of nitrogens with one attached hydrogen (secondary N) is 1. The van der Waals surface area contributed by atoms with E-state index in [0.29, 0.717) is 22.9 Å². The highest BCUT2D eigenvalue weighted by Gasteiger charge is 2.30. The van der Waals surface area contributed by atoms with Crippen LogP contribution in [0.4, 0.5) is 18.9 Å². The maximum absolute atomic E-state index is 12.7. The van der Waals surface area contributed by atoms with E-state index < -0.39 is 22.9 Å². The normalized spacial score (nSPS) is 12.3. The van der Waals surface area contributed by atoms with Crippen LogP contribution in [0.1, 0.15) is 12.5 Å². The van der Waals surface area contributed by atoms with Crippen molar-refractivity contribution in [3.63, 3.8) is 0 Å². The van der Waals surface area contributed by atoms with Crippen molar-refractivity contribution in [2.75, 3.05) is 25.4 Å². The zero-order valence-corrected chi connectivity index (χ0v) is 18.1. The first kappa shape index (κ1) is 23.3. The lowest BCUT2D eigenvalue weighted by Gasteiger charge is -2.13. The molecule has 1 unspecified atom stereocenters. The summed E-state index contributed by atoms with van der Waals surface area (Å²) < 4.78 is 49.7. The molecular formula is C20H20F3N5O3S. The van der Waals surface area contributed by atoms with Gasteiger partial charge in [0.1, 0.15) is 0 Å². The molecule has 3 N–H and O–H groups in total. The number of carbonyl (C=O) groups is 1. The van der Waals surface area contributed by atoms with Gasteiger partial charge in [-0.25, -0.2) is 4.68 Å².